The molecule has 142 valence electrons. The van der Waals surface area contributed by atoms with Gasteiger partial charge in [0.25, 0.3) is 5.91 Å². The van der Waals surface area contributed by atoms with Gasteiger partial charge in [-0.15, -0.1) is 0 Å². The maximum absolute atomic E-state index is 11.8. The van der Waals surface area contributed by atoms with Crippen molar-refractivity contribution in [2.24, 2.45) is 5.10 Å². The highest BCUT2D eigenvalue weighted by Gasteiger charge is 2.14. The number of nitrogens with one attached hydrogen (secondary N) is 1. The molecule has 8 nitrogen and oxygen atoms in total. The van der Waals surface area contributed by atoms with Crippen molar-refractivity contribution in [3.63, 3.8) is 0 Å². The third-order valence-corrected chi connectivity index (χ3v) is 4.03. The first kappa shape index (κ1) is 19.3. The number of amides is 1. The Morgan fingerprint density at radius 2 is 2.04 bits per heavy atom. The Hall–Kier alpha value is -3.46. The van der Waals surface area contributed by atoms with Crippen molar-refractivity contribution in [2.75, 3.05) is 6.61 Å². The molecule has 0 spiro atoms. The number of hydrogen-bond donors (Lipinski definition) is 1. The van der Waals surface area contributed by atoms with Gasteiger partial charge in [0.05, 0.1) is 11.1 Å². The van der Waals surface area contributed by atoms with Crippen molar-refractivity contribution in [1.82, 2.24) is 5.43 Å². The smallest absolute Gasteiger partial charge is 0.310 e. The van der Waals surface area contributed by atoms with Crippen LogP contribution in [-0.4, -0.2) is 23.7 Å². The second-order valence-electron chi connectivity index (χ2n) is 5.52. The molecule has 0 aliphatic heterocycles. The summed E-state index contributed by atoms with van der Waals surface area (Å²) in [5, 5.41) is 14.7. The van der Waals surface area contributed by atoms with Gasteiger partial charge in [-0.25, -0.2) is 5.43 Å². The molecule has 1 heterocycles. The highest BCUT2D eigenvalue weighted by molar-refractivity contribution is 9.10. The van der Waals surface area contributed by atoms with Crippen LogP contribution in [-0.2, 0) is 4.79 Å². The Morgan fingerprint density at radius 1 is 1.21 bits per heavy atom. The third-order valence-electron chi connectivity index (χ3n) is 3.54. The molecule has 0 aliphatic carbocycles. The fourth-order valence-corrected chi connectivity index (χ4v) is 2.69. The van der Waals surface area contributed by atoms with Gasteiger partial charge in [0, 0.05) is 16.1 Å². The molecule has 3 aromatic rings. The highest BCUT2D eigenvalue weighted by Crippen LogP contribution is 2.26. The molecule has 0 unspecified atom stereocenters. The number of carbonyl (C=O) groups is 1. The lowest BCUT2D eigenvalue weighted by molar-refractivity contribution is -0.385. The summed E-state index contributed by atoms with van der Waals surface area (Å²) in [6, 6.07) is 17.0. The van der Waals surface area contributed by atoms with Gasteiger partial charge in [0.15, 0.2) is 12.4 Å². The van der Waals surface area contributed by atoms with E-state index in [4.69, 9.17) is 9.15 Å². The van der Waals surface area contributed by atoms with Crippen molar-refractivity contribution in [3.05, 3.63) is 81.0 Å². The van der Waals surface area contributed by atoms with E-state index < -0.39 is 17.4 Å². The molecule has 9 heteroatoms. The number of nitrogens with zero attached hydrogens (tertiary/aromatic N) is 2. The van der Waals surface area contributed by atoms with Gasteiger partial charge in [-0.05, 0) is 30.3 Å². The number of ether oxygens (including phenoxy) is 1. The number of hydrazone groups is 1. The van der Waals surface area contributed by atoms with Crippen LogP contribution in [0.4, 0.5) is 5.69 Å². The third kappa shape index (κ3) is 5.04. The Bertz CT molecular complexity index is 1030. The van der Waals surface area contributed by atoms with Gasteiger partial charge in [0.1, 0.15) is 11.5 Å². The molecule has 2 aromatic carbocycles. The van der Waals surface area contributed by atoms with Crippen LogP contribution in [0, 0.1) is 10.1 Å². The minimum Gasteiger partial charge on any atom is -0.477 e. The normalized spacial score (nSPS) is 10.8. The number of rotatable bonds is 7. The van der Waals surface area contributed by atoms with Gasteiger partial charge < -0.3 is 9.15 Å². The van der Waals surface area contributed by atoms with E-state index in [0.717, 1.165) is 10.0 Å². The predicted molar refractivity (Wildman–Crippen MR) is 106 cm³/mol. The second kappa shape index (κ2) is 8.96. The molecule has 0 radical (unpaired) electrons. The van der Waals surface area contributed by atoms with E-state index in [-0.39, 0.29) is 11.4 Å². The highest BCUT2D eigenvalue weighted by atomic mass is 79.9. The fraction of sp³-hybridized carbons (Fsp3) is 0.0526. The average molecular weight is 444 g/mol. The molecule has 28 heavy (non-hydrogen) atoms. The monoisotopic (exact) mass is 443 g/mol. The Kier molecular flexibility index (Phi) is 6.18. The summed E-state index contributed by atoms with van der Waals surface area (Å²) in [6.45, 7) is -0.413. The summed E-state index contributed by atoms with van der Waals surface area (Å²) in [5.41, 5.74) is 2.96. The zero-order valence-electron chi connectivity index (χ0n) is 14.4. The number of carbonyl (C=O) groups excluding carboxylic acids is 1. The van der Waals surface area contributed by atoms with Crippen molar-refractivity contribution in [1.29, 1.82) is 0 Å². The topological polar surface area (TPSA) is 107 Å². The van der Waals surface area contributed by atoms with Crippen LogP contribution in [0.5, 0.6) is 5.75 Å². The van der Waals surface area contributed by atoms with Crippen molar-refractivity contribution < 1.29 is 18.9 Å². The van der Waals surface area contributed by atoms with Crippen LogP contribution < -0.4 is 10.2 Å². The number of halogens is 1. The molecule has 0 saturated heterocycles. The molecule has 0 bridgehead atoms. The summed E-state index contributed by atoms with van der Waals surface area (Å²) >= 11 is 3.40. The zero-order valence-corrected chi connectivity index (χ0v) is 16.0. The van der Waals surface area contributed by atoms with Crippen LogP contribution in [0.3, 0.4) is 0 Å². The summed E-state index contributed by atoms with van der Waals surface area (Å²) in [6.07, 6.45) is 1.35. The lowest BCUT2D eigenvalue weighted by Crippen LogP contribution is -2.24. The van der Waals surface area contributed by atoms with E-state index in [1.54, 1.807) is 18.2 Å². The minimum absolute atomic E-state index is 0.0105. The van der Waals surface area contributed by atoms with E-state index in [0.29, 0.717) is 11.5 Å². The van der Waals surface area contributed by atoms with Gasteiger partial charge in [-0.3, -0.25) is 14.9 Å². The Balaban J connectivity index is 1.54. The first-order valence-corrected chi connectivity index (χ1v) is 8.86. The number of nitro groups is 1. The first-order valence-electron chi connectivity index (χ1n) is 8.07. The molecule has 0 aliphatic rings. The first-order chi connectivity index (χ1) is 13.5. The zero-order chi connectivity index (χ0) is 19.9. The standard InChI is InChI=1S/C19H14BrN3O5/c20-14-5-3-4-13(10-14)17-9-8-15(28-17)11-21-22-19(24)12-27-18-7-2-1-6-16(18)23(25)26/h1-11H,12H2,(H,22,24). The molecule has 0 fully saturated rings. The quantitative estimate of drug-likeness (QED) is 0.335. The number of benzene rings is 2. The fourth-order valence-electron chi connectivity index (χ4n) is 2.29. The molecular weight excluding hydrogens is 430 g/mol. The van der Waals surface area contributed by atoms with Crippen molar-refractivity contribution in [3.8, 4) is 17.1 Å². The maximum Gasteiger partial charge on any atom is 0.310 e. The molecule has 3 rings (SSSR count). The van der Waals surface area contributed by atoms with Crippen LogP contribution in [0.25, 0.3) is 11.3 Å². The summed E-state index contributed by atoms with van der Waals surface area (Å²) in [7, 11) is 0. The van der Waals surface area contributed by atoms with Gasteiger partial charge in [-0.1, -0.05) is 40.2 Å². The Morgan fingerprint density at radius 3 is 2.82 bits per heavy atom. The van der Waals surface area contributed by atoms with E-state index in [2.05, 4.69) is 26.5 Å². The van der Waals surface area contributed by atoms with Crippen LogP contribution in [0.1, 0.15) is 5.76 Å². The Labute approximate surface area is 168 Å². The van der Waals surface area contributed by atoms with Crippen LogP contribution in [0.2, 0.25) is 0 Å². The number of nitro benzene ring substituents is 1. The number of hydrogen-bond acceptors (Lipinski definition) is 6. The van der Waals surface area contributed by atoms with Crippen LogP contribution >= 0.6 is 15.9 Å². The lowest BCUT2D eigenvalue weighted by atomic mass is 10.2. The van der Waals surface area contributed by atoms with Gasteiger partial charge in [0.2, 0.25) is 0 Å². The number of furan rings is 1. The average Bonchev–Trinajstić information content (AvgIpc) is 3.15. The van der Waals surface area contributed by atoms with Crippen molar-refractivity contribution >= 4 is 33.7 Å². The molecular formula is C19H14BrN3O5. The second-order valence-corrected chi connectivity index (χ2v) is 6.43. The minimum atomic E-state index is -0.578. The van der Waals surface area contributed by atoms with E-state index in [9.17, 15) is 14.9 Å². The molecule has 0 saturated carbocycles. The molecule has 1 aromatic heterocycles. The van der Waals surface area contributed by atoms with E-state index >= 15 is 0 Å². The van der Waals surface area contributed by atoms with Crippen molar-refractivity contribution in [2.45, 2.75) is 0 Å². The predicted octanol–water partition coefficient (Wildman–Crippen LogP) is 4.15. The molecule has 1 N–H and O–H groups in total. The van der Waals surface area contributed by atoms with Gasteiger partial charge in [-0.2, -0.15) is 5.10 Å². The summed E-state index contributed by atoms with van der Waals surface area (Å²) in [4.78, 5) is 22.1. The summed E-state index contributed by atoms with van der Waals surface area (Å²) < 4.78 is 11.8. The molecule has 1 amide bonds. The largest absolute Gasteiger partial charge is 0.477 e. The van der Waals surface area contributed by atoms with Crippen LogP contribution in [0.15, 0.2) is 74.7 Å². The molecule has 0 atom stereocenters. The SMILES string of the molecule is O=C(COc1ccccc1[N+](=O)[O-])NN=Cc1ccc(-c2cccc(Br)c2)o1. The van der Waals surface area contributed by atoms with Gasteiger partial charge >= 0.3 is 5.69 Å². The summed E-state index contributed by atoms with van der Waals surface area (Å²) in [5.74, 6) is 0.563. The van der Waals surface area contributed by atoms with E-state index in [1.807, 2.05) is 24.3 Å². The maximum atomic E-state index is 11.8. The number of para-hydroxylation sites is 2. The van der Waals surface area contributed by atoms with E-state index in [1.165, 1.54) is 24.4 Å². The lowest BCUT2D eigenvalue weighted by Gasteiger charge is -2.05.